The van der Waals surface area contributed by atoms with Crippen LogP contribution in [0.5, 0.6) is 0 Å². The average molecular weight is 793 g/mol. The number of nitrogens with zero attached hydrogens (tertiary/aromatic N) is 6. The topological polar surface area (TPSA) is 61.4 Å². The van der Waals surface area contributed by atoms with E-state index >= 15 is 0 Å². The molecule has 0 atom stereocenters. The number of aromatic nitrogens is 6. The Balaban J connectivity index is 1.01. The summed E-state index contributed by atoms with van der Waals surface area (Å²) in [5, 5.41) is 4.84. The van der Waals surface area contributed by atoms with Gasteiger partial charge in [-0.2, -0.15) is 0 Å². The second-order valence-electron chi connectivity index (χ2n) is 15.5. The summed E-state index contributed by atoms with van der Waals surface area (Å²) in [6, 6.07) is 74.2. The molecule has 0 unspecified atom stereocenters. The summed E-state index contributed by atoms with van der Waals surface area (Å²) in [6.07, 6.45) is 1.86. The van der Waals surface area contributed by atoms with Gasteiger partial charge in [-0.15, -0.1) is 0 Å². The number of hydrogen-bond donors (Lipinski definition) is 0. The van der Waals surface area contributed by atoms with Gasteiger partial charge >= 0.3 is 0 Å². The molecule has 4 heterocycles. The summed E-state index contributed by atoms with van der Waals surface area (Å²) in [5.41, 5.74) is 13.5. The fraction of sp³-hybridized carbons (Fsp3) is 0. The normalized spacial score (nSPS) is 11.5. The third-order valence-electron chi connectivity index (χ3n) is 11.9. The highest BCUT2D eigenvalue weighted by atomic mass is 15.0. The zero-order valence-electron chi connectivity index (χ0n) is 33.5. The summed E-state index contributed by atoms with van der Waals surface area (Å²) < 4.78 is 4.70. The highest BCUT2D eigenvalue weighted by Crippen LogP contribution is 2.39. The molecule has 0 saturated heterocycles. The maximum absolute atomic E-state index is 5.23. The van der Waals surface area contributed by atoms with Crippen molar-refractivity contribution in [3.05, 3.63) is 219 Å². The first kappa shape index (κ1) is 35.5. The zero-order valence-corrected chi connectivity index (χ0v) is 33.5. The Labute approximate surface area is 357 Å². The number of fused-ring (bicyclic) bond motifs is 6. The van der Waals surface area contributed by atoms with Crippen LogP contribution >= 0.6 is 0 Å². The van der Waals surface area contributed by atoms with E-state index in [0.29, 0.717) is 17.5 Å². The van der Waals surface area contributed by atoms with E-state index < -0.39 is 0 Å². The van der Waals surface area contributed by atoms with Crippen LogP contribution in [0.2, 0.25) is 0 Å². The van der Waals surface area contributed by atoms with Gasteiger partial charge in [0.15, 0.2) is 17.5 Å². The smallest absolute Gasteiger partial charge is 0.164 e. The van der Waals surface area contributed by atoms with E-state index in [1.807, 2.05) is 42.6 Å². The van der Waals surface area contributed by atoms with E-state index in [0.717, 1.165) is 72.5 Å². The second-order valence-corrected chi connectivity index (χ2v) is 15.5. The lowest BCUT2D eigenvalue weighted by Gasteiger charge is -2.16. The molecule has 0 saturated carbocycles. The monoisotopic (exact) mass is 792 g/mol. The molecule has 0 bridgehead atoms. The Morgan fingerprint density at radius 2 is 0.694 bits per heavy atom. The van der Waals surface area contributed by atoms with Crippen molar-refractivity contribution >= 4 is 43.6 Å². The van der Waals surface area contributed by atoms with Crippen LogP contribution in [-0.4, -0.2) is 29.1 Å². The van der Waals surface area contributed by atoms with Gasteiger partial charge in [-0.25, -0.2) is 15.0 Å². The molecule has 0 fully saturated rings. The van der Waals surface area contributed by atoms with E-state index in [1.165, 1.54) is 21.5 Å². The van der Waals surface area contributed by atoms with Crippen LogP contribution in [0.1, 0.15) is 0 Å². The van der Waals surface area contributed by atoms with Crippen molar-refractivity contribution < 1.29 is 0 Å². The molecule has 6 nitrogen and oxygen atoms in total. The molecule has 0 aliphatic rings. The fourth-order valence-corrected chi connectivity index (χ4v) is 9.01. The molecule has 6 heteroatoms. The highest BCUT2D eigenvalue weighted by molar-refractivity contribution is 6.11. The van der Waals surface area contributed by atoms with Gasteiger partial charge in [0.1, 0.15) is 0 Å². The maximum Gasteiger partial charge on any atom is 0.164 e. The van der Waals surface area contributed by atoms with Crippen LogP contribution in [0.15, 0.2) is 219 Å². The van der Waals surface area contributed by atoms with Gasteiger partial charge in [0.05, 0.1) is 39.1 Å². The molecule has 62 heavy (non-hydrogen) atoms. The largest absolute Gasteiger partial charge is 0.309 e. The van der Waals surface area contributed by atoms with Crippen molar-refractivity contribution in [1.82, 2.24) is 29.1 Å². The van der Waals surface area contributed by atoms with Crippen LogP contribution in [0.25, 0.3) is 112 Å². The fourth-order valence-electron chi connectivity index (χ4n) is 9.01. The van der Waals surface area contributed by atoms with Crippen LogP contribution in [0.3, 0.4) is 0 Å². The number of hydrogen-bond acceptors (Lipinski definition) is 4. The van der Waals surface area contributed by atoms with E-state index in [2.05, 4.69) is 185 Å². The van der Waals surface area contributed by atoms with E-state index in [1.54, 1.807) is 0 Å². The molecule has 4 aromatic heterocycles. The molecule has 0 radical (unpaired) electrons. The lowest BCUT2D eigenvalue weighted by atomic mass is 10.0. The van der Waals surface area contributed by atoms with Gasteiger partial charge < -0.3 is 9.13 Å². The molecule has 0 amide bonds. The molecule has 0 N–H and O–H groups in total. The van der Waals surface area contributed by atoms with Gasteiger partial charge in [-0.3, -0.25) is 4.98 Å². The number of para-hydroxylation sites is 4. The molecular weight excluding hydrogens is 757 g/mol. The lowest BCUT2D eigenvalue weighted by Crippen LogP contribution is -2.02. The minimum Gasteiger partial charge on any atom is -0.309 e. The van der Waals surface area contributed by atoms with E-state index in [4.69, 9.17) is 19.9 Å². The highest BCUT2D eigenvalue weighted by Gasteiger charge is 2.20. The van der Waals surface area contributed by atoms with Gasteiger partial charge in [0.25, 0.3) is 0 Å². The van der Waals surface area contributed by atoms with Crippen molar-refractivity contribution in [3.63, 3.8) is 0 Å². The van der Waals surface area contributed by atoms with Gasteiger partial charge in [-0.05, 0) is 48.0 Å². The second kappa shape index (κ2) is 14.7. The third kappa shape index (κ3) is 5.88. The molecular formula is C56H36N6. The van der Waals surface area contributed by atoms with Crippen molar-refractivity contribution in [1.29, 1.82) is 0 Å². The summed E-state index contributed by atoms with van der Waals surface area (Å²) in [4.78, 5) is 20.4. The van der Waals surface area contributed by atoms with Crippen LogP contribution < -0.4 is 0 Å². The minimum absolute atomic E-state index is 0.592. The summed E-state index contributed by atoms with van der Waals surface area (Å²) in [5.74, 6) is 1.80. The first-order chi connectivity index (χ1) is 30.8. The minimum atomic E-state index is 0.592. The Morgan fingerprint density at radius 3 is 1.23 bits per heavy atom. The first-order valence-electron chi connectivity index (χ1n) is 20.8. The van der Waals surface area contributed by atoms with E-state index in [-0.39, 0.29) is 0 Å². The Bertz CT molecular complexity index is 3520. The summed E-state index contributed by atoms with van der Waals surface area (Å²) >= 11 is 0. The molecule has 0 aliphatic heterocycles. The number of benzene rings is 8. The first-order valence-corrected chi connectivity index (χ1v) is 20.8. The Morgan fingerprint density at radius 1 is 0.290 bits per heavy atom. The standard InChI is InChI=1S/C56H36N6/c1-3-16-37(17-4-1)42-34-33-41(36-52(42)62-49-26-13-9-22-45(49)46-23-10-14-27-50(46)62)56-59-54(39-18-5-2-6-19-39)58-55(60-56)40-31-29-38(30-32-40)53-51(28-15-35-57-53)61-47-24-11-7-20-43(47)44-21-8-12-25-48(44)61/h1-36H. The van der Waals surface area contributed by atoms with Gasteiger partial charge in [0.2, 0.25) is 0 Å². The van der Waals surface area contributed by atoms with Crippen molar-refractivity contribution in [2.24, 2.45) is 0 Å². The quantitative estimate of drug-likeness (QED) is 0.161. The molecule has 8 aromatic carbocycles. The predicted octanol–water partition coefficient (Wildman–Crippen LogP) is 13.8. The van der Waals surface area contributed by atoms with Crippen LogP contribution in [0, 0.1) is 0 Å². The Hall–Kier alpha value is -8.48. The van der Waals surface area contributed by atoms with E-state index in [9.17, 15) is 0 Å². The molecule has 12 rings (SSSR count). The zero-order chi connectivity index (χ0) is 41.0. The van der Waals surface area contributed by atoms with Gasteiger partial charge in [0, 0.05) is 55.6 Å². The lowest BCUT2D eigenvalue weighted by molar-refractivity contribution is 1.07. The van der Waals surface area contributed by atoms with Crippen LogP contribution in [0.4, 0.5) is 0 Å². The molecule has 12 aromatic rings. The number of rotatable bonds is 7. The predicted molar refractivity (Wildman–Crippen MR) is 253 cm³/mol. The SMILES string of the molecule is c1ccc(-c2nc(-c3ccc(-c4ncccc4-n4c5ccccc5c5ccccc54)cc3)nc(-c3ccc(-c4ccccc4)c(-n4c5ccccc5c5ccccc54)c3)n2)cc1. The van der Waals surface area contributed by atoms with Crippen molar-refractivity contribution in [2.45, 2.75) is 0 Å². The van der Waals surface area contributed by atoms with Crippen molar-refractivity contribution in [3.8, 4) is 67.9 Å². The number of pyridine rings is 1. The molecule has 0 spiro atoms. The third-order valence-corrected chi connectivity index (χ3v) is 11.9. The van der Waals surface area contributed by atoms with Crippen LogP contribution in [-0.2, 0) is 0 Å². The summed E-state index contributed by atoms with van der Waals surface area (Å²) in [7, 11) is 0. The maximum atomic E-state index is 5.23. The average Bonchev–Trinajstić information content (AvgIpc) is 3.87. The Kier molecular flexibility index (Phi) is 8.38. The van der Waals surface area contributed by atoms with Crippen molar-refractivity contribution in [2.75, 3.05) is 0 Å². The summed E-state index contributed by atoms with van der Waals surface area (Å²) in [6.45, 7) is 0. The molecule has 290 valence electrons. The molecule has 0 aliphatic carbocycles. The van der Waals surface area contributed by atoms with Gasteiger partial charge in [-0.1, -0.05) is 170 Å².